The van der Waals surface area contributed by atoms with Gasteiger partial charge in [0.1, 0.15) is 0 Å². The highest BCUT2D eigenvalue weighted by Gasteiger charge is 2.09. The van der Waals surface area contributed by atoms with E-state index < -0.39 is 0 Å². The van der Waals surface area contributed by atoms with Gasteiger partial charge in [-0.15, -0.1) is 0 Å². The summed E-state index contributed by atoms with van der Waals surface area (Å²) in [5.74, 6) is 0. The van der Waals surface area contributed by atoms with Crippen LogP contribution in [-0.4, -0.2) is 6.41 Å². The van der Waals surface area contributed by atoms with E-state index in [2.05, 4.69) is 47.8 Å². The predicted molar refractivity (Wildman–Crippen MR) is 79.5 cm³/mol. The van der Waals surface area contributed by atoms with E-state index in [-0.39, 0.29) is 0 Å². The second-order valence-electron chi connectivity index (χ2n) is 4.70. The molecule has 0 heterocycles. The molecule has 2 heteroatoms. The summed E-state index contributed by atoms with van der Waals surface area (Å²) >= 11 is 0. The summed E-state index contributed by atoms with van der Waals surface area (Å²) < 4.78 is 0. The zero-order valence-electron chi connectivity index (χ0n) is 10.1. The molecule has 2 nitrogen and oxygen atoms in total. The van der Waals surface area contributed by atoms with Crippen molar-refractivity contribution in [3.05, 3.63) is 54.6 Å². The van der Waals surface area contributed by atoms with Crippen LogP contribution < -0.4 is 5.32 Å². The molecule has 4 aromatic carbocycles. The molecule has 4 rings (SSSR count). The van der Waals surface area contributed by atoms with Crippen molar-refractivity contribution in [1.82, 2.24) is 0 Å². The van der Waals surface area contributed by atoms with Gasteiger partial charge in [0.2, 0.25) is 0 Å². The molecule has 0 bridgehead atoms. The van der Waals surface area contributed by atoms with Crippen molar-refractivity contribution in [2.75, 3.05) is 5.32 Å². The third-order valence-corrected chi connectivity index (χ3v) is 3.71. The molecule has 0 aliphatic rings. The Hall–Kier alpha value is -2.61. The van der Waals surface area contributed by atoms with Gasteiger partial charge in [-0.05, 0) is 33.0 Å². The molecule has 0 fully saturated rings. The van der Waals surface area contributed by atoms with Crippen molar-refractivity contribution in [3.8, 4) is 0 Å². The fourth-order valence-electron chi connectivity index (χ4n) is 2.90. The van der Waals surface area contributed by atoms with E-state index in [1.54, 1.807) is 6.41 Å². The molecule has 0 unspecified atom stereocenters. The lowest BCUT2D eigenvalue weighted by atomic mass is 9.93. The average Bonchev–Trinajstić information content (AvgIpc) is 2.46. The standard InChI is InChI=1S/C17H10NO/c19-10-18-15-9-7-13-5-4-11-2-1-3-12-6-8-14(15)17(13)16(11)12/h1-9H,(H,18,19). The van der Waals surface area contributed by atoms with Crippen LogP contribution in [0.25, 0.3) is 32.3 Å². The third kappa shape index (κ3) is 1.34. The summed E-state index contributed by atoms with van der Waals surface area (Å²) in [6.45, 7) is 0. The highest BCUT2D eigenvalue weighted by molar-refractivity contribution is 6.25. The van der Waals surface area contributed by atoms with Crippen molar-refractivity contribution in [3.63, 3.8) is 0 Å². The van der Waals surface area contributed by atoms with Gasteiger partial charge in [-0.1, -0.05) is 48.5 Å². The van der Waals surface area contributed by atoms with Crippen LogP contribution in [0.4, 0.5) is 5.69 Å². The van der Waals surface area contributed by atoms with E-state index in [4.69, 9.17) is 0 Å². The first kappa shape index (κ1) is 10.3. The van der Waals surface area contributed by atoms with Crippen molar-refractivity contribution < 1.29 is 4.79 Å². The summed E-state index contributed by atoms with van der Waals surface area (Å²) in [5, 5.41) is 9.82. The minimum Gasteiger partial charge on any atom is -0.317 e. The van der Waals surface area contributed by atoms with Crippen LogP contribution in [0, 0.1) is 0 Å². The van der Waals surface area contributed by atoms with Gasteiger partial charge in [0, 0.05) is 11.1 Å². The first-order valence-corrected chi connectivity index (χ1v) is 6.18. The van der Waals surface area contributed by atoms with Crippen LogP contribution in [0.3, 0.4) is 0 Å². The molecule has 0 aromatic heterocycles. The largest absolute Gasteiger partial charge is 0.317 e. The normalized spacial score (nSPS) is 11.4. The van der Waals surface area contributed by atoms with E-state index in [9.17, 15) is 4.79 Å². The lowest BCUT2D eigenvalue weighted by Crippen LogP contribution is -1.95. The van der Waals surface area contributed by atoms with Crippen LogP contribution in [0.15, 0.2) is 54.6 Å². The Balaban J connectivity index is 2.31. The number of amides is 1. The molecule has 1 amide bonds. The van der Waals surface area contributed by atoms with E-state index in [0.717, 1.165) is 11.1 Å². The van der Waals surface area contributed by atoms with Crippen LogP contribution in [0.1, 0.15) is 0 Å². The Kier molecular flexibility index (Phi) is 2.00. The summed E-state index contributed by atoms with van der Waals surface area (Å²) in [6.07, 6.45) is 1.76. The van der Waals surface area contributed by atoms with Crippen LogP contribution >= 0.6 is 0 Å². The predicted octanol–water partition coefficient (Wildman–Crippen LogP) is 4.06. The van der Waals surface area contributed by atoms with Crippen molar-refractivity contribution in [1.29, 1.82) is 0 Å². The topological polar surface area (TPSA) is 29.1 Å². The minimum atomic E-state index is 0.806. The fraction of sp³-hybridized carbons (Fsp3) is 0. The number of benzene rings is 4. The second kappa shape index (κ2) is 3.69. The van der Waals surface area contributed by atoms with Gasteiger partial charge in [-0.2, -0.15) is 0 Å². The van der Waals surface area contributed by atoms with Crippen LogP contribution in [-0.2, 0) is 4.79 Å². The smallest absolute Gasteiger partial charge is 0.314 e. The molecule has 19 heavy (non-hydrogen) atoms. The molecule has 89 valence electrons. The van der Waals surface area contributed by atoms with Gasteiger partial charge in [0.25, 0.3) is 0 Å². The van der Waals surface area contributed by atoms with Crippen molar-refractivity contribution >= 4 is 44.4 Å². The van der Waals surface area contributed by atoms with Gasteiger partial charge < -0.3 is 5.32 Å². The molecule has 0 spiro atoms. The Labute approximate surface area is 110 Å². The highest BCUT2D eigenvalue weighted by Crippen LogP contribution is 2.37. The Morgan fingerprint density at radius 3 is 2.11 bits per heavy atom. The number of hydrogen-bond donors (Lipinski definition) is 1. The van der Waals surface area contributed by atoms with Crippen LogP contribution in [0.2, 0.25) is 0 Å². The number of nitrogens with one attached hydrogen (secondary N) is 1. The molecule has 0 saturated carbocycles. The maximum atomic E-state index is 10.6. The molecule has 0 atom stereocenters. The number of anilines is 1. The van der Waals surface area contributed by atoms with Crippen LogP contribution in [0.5, 0.6) is 0 Å². The zero-order chi connectivity index (χ0) is 12.8. The number of rotatable bonds is 2. The Morgan fingerprint density at radius 2 is 1.37 bits per heavy atom. The lowest BCUT2D eigenvalue weighted by Gasteiger charge is -2.12. The SMILES string of the molecule is O=[C]Nc1ccc2ccc3cccc4ccc1c2c34. The fourth-order valence-corrected chi connectivity index (χ4v) is 2.90. The van der Waals surface area contributed by atoms with E-state index in [0.29, 0.717) is 0 Å². The van der Waals surface area contributed by atoms with Crippen molar-refractivity contribution in [2.45, 2.75) is 0 Å². The zero-order valence-corrected chi connectivity index (χ0v) is 10.1. The molecule has 0 aliphatic carbocycles. The van der Waals surface area contributed by atoms with Crippen molar-refractivity contribution in [2.24, 2.45) is 0 Å². The molecule has 4 aromatic rings. The summed E-state index contributed by atoms with van der Waals surface area (Å²) in [7, 11) is 0. The van der Waals surface area contributed by atoms with Gasteiger partial charge in [0.15, 0.2) is 0 Å². The van der Waals surface area contributed by atoms with Gasteiger partial charge in [-0.25, -0.2) is 0 Å². The van der Waals surface area contributed by atoms with E-state index in [1.165, 1.54) is 26.9 Å². The number of carbonyl (C=O) groups excluding carboxylic acids is 1. The summed E-state index contributed by atoms with van der Waals surface area (Å²) in [6, 6.07) is 18.7. The Bertz CT molecular complexity index is 895. The van der Waals surface area contributed by atoms with Gasteiger partial charge in [0.05, 0.1) is 0 Å². The van der Waals surface area contributed by atoms with Gasteiger partial charge >= 0.3 is 6.41 Å². The molecular formula is C17H10NO. The molecule has 1 radical (unpaired) electrons. The lowest BCUT2D eigenvalue weighted by molar-refractivity contribution is 0.561. The first-order chi connectivity index (χ1) is 9.38. The second-order valence-corrected chi connectivity index (χ2v) is 4.70. The molecule has 1 N–H and O–H groups in total. The molecule has 0 aliphatic heterocycles. The first-order valence-electron chi connectivity index (χ1n) is 6.18. The minimum absolute atomic E-state index is 0.806. The van der Waals surface area contributed by atoms with E-state index >= 15 is 0 Å². The number of hydrogen-bond acceptors (Lipinski definition) is 1. The molecule has 0 saturated heterocycles. The van der Waals surface area contributed by atoms with Gasteiger partial charge in [-0.3, -0.25) is 4.79 Å². The Morgan fingerprint density at radius 1 is 0.737 bits per heavy atom. The monoisotopic (exact) mass is 244 g/mol. The quantitative estimate of drug-likeness (QED) is 0.418. The maximum Gasteiger partial charge on any atom is 0.314 e. The summed E-state index contributed by atoms with van der Waals surface area (Å²) in [4.78, 5) is 10.6. The highest BCUT2D eigenvalue weighted by atomic mass is 16.1. The average molecular weight is 244 g/mol. The molecular weight excluding hydrogens is 234 g/mol. The maximum absolute atomic E-state index is 10.6. The van der Waals surface area contributed by atoms with E-state index in [1.807, 2.05) is 12.1 Å². The third-order valence-electron chi connectivity index (χ3n) is 3.71. The summed E-state index contributed by atoms with van der Waals surface area (Å²) in [5.41, 5.74) is 0.806.